The van der Waals surface area contributed by atoms with Gasteiger partial charge >= 0.3 is 11.9 Å². The van der Waals surface area contributed by atoms with Crippen molar-refractivity contribution in [1.29, 1.82) is 0 Å². The zero-order valence-electron chi connectivity index (χ0n) is 16.3. The molecule has 164 valence electrons. The van der Waals surface area contributed by atoms with Gasteiger partial charge < -0.3 is 26.2 Å². The summed E-state index contributed by atoms with van der Waals surface area (Å²) in [6.45, 7) is 0.647. The van der Waals surface area contributed by atoms with Gasteiger partial charge in [-0.05, 0) is 37.3 Å². The summed E-state index contributed by atoms with van der Waals surface area (Å²) in [5.41, 5.74) is 5.89. The largest absolute Gasteiger partial charge is 0.480 e. The van der Waals surface area contributed by atoms with E-state index in [4.69, 9.17) is 5.73 Å². The number of nitrogen functional groups attached to an aromatic ring is 1. The van der Waals surface area contributed by atoms with Crippen molar-refractivity contribution in [1.82, 2.24) is 14.9 Å². The summed E-state index contributed by atoms with van der Waals surface area (Å²) >= 11 is 1.23. The van der Waals surface area contributed by atoms with Crippen LogP contribution in [0.3, 0.4) is 0 Å². The minimum atomic E-state index is -1.21. The Balaban J connectivity index is 1.39. The van der Waals surface area contributed by atoms with Crippen LogP contribution in [-0.2, 0) is 22.4 Å². The molecule has 1 saturated heterocycles. The predicted molar refractivity (Wildman–Crippen MR) is 111 cm³/mol. The number of likely N-dealkylation sites (tertiary alicyclic amines) is 1. The van der Waals surface area contributed by atoms with Gasteiger partial charge in [0.05, 0.1) is 10.4 Å². The number of hydrogen-bond acceptors (Lipinski definition) is 8. The van der Waals surface area contributed by atoms with Gasteiger partial charge in [0, 0.05) is 17.8 Å². The predicted octanol–water partition coefficient (Wildman–Crippen LogP) is 0.383. The van der Waals surface area contributed by atoms with Crippen LogP contribution in [0.1, 0.15) is 33.0 Å². The van der Waals surface area contributed by atoms with Gasteiger partial charge in [0.15, 0.2) is 0 Å². The van der Waals surface area contributed by atoms with Crippen LogP contribution in [0.2, 0.25) is 0 Å². The highest BCUT2D eigenvalue weighted by molar-refractivity contribution is 7.14. The van der Waals surface area contributed by atoms with Gasteiger partial charge in [0.1, 0.15) is 17.9 Å². The number of fused-ring (bicyclic) bond motifs is 1. The lowest BCUT2D eigenvalue weighted by molar-refractivity contribution is -0.159. The first-order valence-corrected chi connectivity index (χ1v) is 10.6. The second kappa shape index (κ2) is 8.02. The fraction of sp³-hybridized carbons (Fsp3) is 0.421. The average molecular weight is 447 g/mol. The molecule has 1 amide bonds. The van der Waals surface area contributed by atoms with E-state index in [1.54, 1.807) is 12.1 Å². The van der Waals surface area contributed by atoms with Crippen LogP contribution in [0.15, 0.2) is 16.9 Å². The first kappa shape index (κ1) is 20.8. The second-order valence-corrected chi connectivity index (χ2v) is 8.86. The van der Waals surface area contributed by atoms with Crippen molar-refractivity contribution in [3.63, 3.8) is 0 Å². The third-order valence-electron chi connectivity index (χ3n) is 5.68. The number of aliphatic carboxylic acids is 2. The molecule has 0 bridgehead atoms. The summed E-state index contributed by atoms with van der Waals surface area (Å²) in [5.74, 6) is -2.22. The van der Waals surface area contributed by atoms with Crippen molar-refractivity contribution in [2.45, 2.75) is 37.8 Å². The zero-order chi connectivity index (χ0) is 22.3. The number of nitrogens with one attached hydrogen (secondary N) is 2. The summed E-state index contributed by atoms with van der Waals surface area (Å²) in [7, 11) is 0. The van der Waals surface area contributed by atoms with Gasteiger partial charge in [-0.25, -0.2) is 9.59 Å². The van der Waals surface area contributed by atoms with Crippen LogP contribution in [0.25, 0.3) is 0 Å². The lowest BCUT2D eigenvalue weighted by Gasteiger charge is -2.43. The maximum atomic E-state index is 12.7. The summed E-state index contributed by atoms with van der Waals surface area (Å²) in [6.07, 6.45) is 1.91. The Kier molecular flexibility index (Phi) is 5.39. The molecule has 2 aromatic heterocycles. The number of amides is 1. The molecule has 1 fully saturated rings. The van der Waals surface area contributed by atoms with Gasteiger partial charge in [-0.1, -0.05) is 0 Å². The SMILES string of the molecule is Nc1nc2c(c(=O)[nH]1)CC(CCc1ccc(C(=O)N3[C@@H](C(=O)O)C[C@@H]3C(=O)O)s1)CN2. The summed E-state index contributed by atoms with van der Waals surface area (Å²) in [6, 6.07) is 1.16. The van der Waals surface area contributed by atoms with Gasteiger partial charge in [0.2, 0.25) is 5.95 Å². The van der Waals surface area contributed by atoms with Crippen LogP contribution in [0, 0.1) is 5.92 Å². The highest BCUT2D eigenvalue weighted by atomic mass is 32.1. The molecule has 12 heteroatoms. The van der Waals surface area contributed by atoms with E-state index in [-0.39, 0.29) is 23.8 Å². The Morgan fingerprint density at radius 3 is 2.61 bits per heavy atom. The van der Waals surface area contributed by atoms with Crippen molar-refractivity contribution in [2.75, 3.05) is 17.6 Å². The molecule has 2 aromatic rings. The van der Waals surface area contributed by atoms with E-state index >= 15 is 0 Å². The number of carbonyl (C=O) groups is 3. The van der Waals surface area contributed by atoms with Crippen molar-refractivity contribution >= 4 is 40.9 Å². The lowest BCUT2D eigenvalue weighted by atomic mass is 9.92. The van der Waals surface area contributed by atoms with E-state index in [9.17, 15) is 29.4 Å². The van der Waals surface area contributed by atoms with Crippen LogP contribution in [-0.4, -0.2) is 61.6 Å². The van der Waals surface area contributed by atoms with Gasteiger partial charge in [0.25, 0.3) is 11.5 Å². The Morgan fingerprint density at radius 1 is 1.23 bits per heavy atom. The fourth-order valence-corrected chi connectivity index (χ4v) is 4.97. The minimum absolute atomic E-state index is 0.0722. The van der Waals surface area contributed by atoms with E-state index in [0.717, 1.165) is 16.2 Å². The molecule has 2 aliphatic rings. The third-order valence-corrected chi connectivity index (χ3v) is 6.81. The molecule has 1 unspecified atom stereocenters. The third kappa shape index (κ3) is 3.98. The number of aryl methyl sites for hydroxylation is 1. The molecule has 11 nitrogen and oxygen atoms in total. The summed E-state index contributed by atoms with van der Waals surface area (Å²) < 4.78 is 0. The monoisotopic (exact) mass is 447 g/mol. The highest BCUT2D eigenvalue weighted by Gasteiger charge is 2.50. The Morgan fingerprint density at radius 2 is 1.94 bits per heavy atom. The number of carboxylic acid groups (broad SMARTS) is 2. The van der Waals surface area contributed by atoms with Crippen LogP contribution in [0.4, 0.5) is 11.8 Å². The Hall–Kier alpha value is -3.41. The van der Waals surface area contributed by atoms with Gasteiger partial charge in [-0.15, -0.1) is 11.3 Å². The number of nitrogens with zero attached hydrogens (tertiary/aromatic N) is 2. The van der Waals surface area contributed by atoms with Gasteiger partial charge in [-0.3, -0.25) is 14.6 Å². The molecule has 0 spiro atoms. The van der Waals surface area contributed by atoms with Gasteiger partial charge in [-0.2, -0.15) is 4.98 Å². The van der Waals surface area contributed by atoms with Crippen molar-refractivity contribution < 1.29 is 24.6 Å². The normalized spacial score (nSPS) is 22.2. The number of aromatic amines is 1. The molecule has 4 rings (SSSR count). The molecule has 31 heavy (non-hydrogen) atoms. The number of anilines is 2. The second-order valence-electron chi connectivity index (χ2n) is 7.69. The molecule has 0 aliphatic carbocycles. The highest BCUT2D eigenvalue weighted by Crippen LogP contribution is 2.31. The van der Waals surface area contributed by atoms with Crippen LogP contribution < -0.4 is 16.6 Å². The van der Waals surface area contributed by atoms with Crippen LogP contribution >= 0.6 is 11.3 Å². The number of hydrogen-bond donors (Lipinski definition) is 5. The quantitative estimate of drug-likeness (QED) is 0.418. The fourth-order valence-electron chi connectivity index (χ4n) is 4.00. The molecule has 0 saturated carbocycles. The van der Waals surface area contributed by atoms with Crippen molar-refractivity contribution in [3.8, 4) is 0 Å². The standard InChI is InChI=1S/C19H21N5O6S/c20-19-22-14-10(15(25)23-19)5-8(7-21-14)1-2-9-3-4-13(31-9)16(26)24-11(17(27)28)6-12(24)18(29)30/h3-4,8,11-12H,1-2,5-7H2,(H,27,28)(H,29,30)(H4,20,21,22,23,25)/t8?,11-,12-/m1/s1. The molecule has 0 radical (unpaired) electrons. The summed E-state index contributed by atoms with van der Waals surface area (Å²) in [4.78, 5) is 56.2. The topological polar surface area (TPSA) is 179 Å². The number of rotatable bonds is 6. The maximum absolute atomic E-state index is 12.7. The molecule has 2 aliphatic heterocycles. The number of thiophene rings is 1. The minimum Gasteiger partial charge on any atom is -0.480 e. The summed E-state index contributed by atoms with van der Waals surface area (Å²) in [5, 5.41) is 21.6. The number of nitrogens with two attached hydrogens (primary N) is 1. The number of carbonyl (C=O) groups excluding carboxylic acids is 1. The smallest absolute Gasteiger partial charge is 0.326 e. The van der Waals surface area contributed by atoms with Crippen molar-refractivity contribution in [3.05, 3.63) is 37.8 Å². The number of H-pyrrole nitrogens is 1. The lowest BCUT2D eigenvalue weighted by Crippen LogP contribution is -2.64. The number of aromatic nitrogens is 2. The molecular formula is C19H21N5O6S. The Bertz CT molecular complexity index is 1090. The Labute approximate surface area is 179 Å². The molecular weight excluding hydrogens is 426 g/mol. The van der Waals surface area contributed by atoms with E-state index in [1.165, 1.54) is 11.3 Å². The van der Waals surface area contributed by atoms with E-state index in [1.807, 2.05) is 0 Å². The molecule has 0 aromatic carbocycles. The first-order chi connectivity index (χ1) is 14.7. The molecule has 3 atom stereocenters. The zero-order valence-corrected chi connectivity index (χ0v) is 17.1. The molecule has 4 heterocycles. The van der Waals surface area contributed by atoms with E-state index in [2.05, 4.69) is 15.3 Å². The molecule has 6 N–H and O–H groups in total. The number of carboxylic acids is 2. The van der Waals surface area contributed by atoms with Crippen LogP contribution in [0.5, 0.6) is 0 Å². The van der Waals surface area contributed by atoms with E-state index < -0.39 is 29.9 Å². The van der Waals surface area contributed by atoms with Crippen molar-refractivity contribution in [2.24, 2.45) is 5.92 Å². The average Bonchev–Trinajstić information content (AvgIpc) is 3.14. The van der Waals surface area contributed by atoms with E-state index in [0.29, 0.717) is 35.6 Å². The first-order valence-electron chi connectivity index (χ1n) is 9.74. The maximum Gasteiger partial charge on any atom is 0.326 e.